The second kappa shape index (κ2) is 17.8. The van der Waals surface area contributed by atoms with Gasteiger partial charge in [-0.3, -0.25) is 0 Å². The van der Waals surface area contributed by atoms with Crippen LogP contribution in [-0.4, -0.2) is 87.3 Å². The number of carboxylic acids is 1. The van der Waals surface area contributed by atoms with E-state index in [-0.39, 0.29) is 24.0 Å². The van der Waals surface area contributed by atoms with Gasteiger partial charge in [-0.2, -0.15) is 9.64 Å². The molecule has 0 aliphatic heterocycles. The molecule has 0 amide bonds. The second-order valence-electron chi connectivity index (χ2n) is 11.3. The topological polar surface area (TPSA) is 223 Å². The van der Waals surface area contributed by atoms with Crippen LogP contribution in [-0.2, 0) is 23.8 Å². The van der Waals surface area contributed by atoms with Crippen molar-refractivity contribution in [3.8, 4) is 11.2 Å². The van der Waals surface area contributed by atoms with Crippen LogP contribution in [0.25, 0.3) is 5.13 Å². The number of anilines is 4. The molecule has 4 aromatic rings. The van der Waals surface area contributed by atoms with Crippen molar-refractivity contribution in [1.82, 2.24) is 24.1 Å². The van der Waals surface area contributed by atoms with E-state index in [1.54, 1.807) is 14.0 Å². The minimum absolute atomic E-state index is 0.0445. The molecule has 0 fully saturated rings. The van der Waals surface area contributed by atoms with Crippen LogP contribution in [0.4, 0.5) is 34.5 Å². The summed E-state index contributed by atoms with van der Waals surface area (Å²) in [5.41, 5.74) is 5.23. The second-order valence-corrected chi connectivity index (χ2v) is 12.0. The fraction of sp³-hybridized carbons (Fsp3) is 0.406. The van der Waals surface area contributed by atoms with E-state index in [2.05, 4.69) is 58.8 Å². The number of pyridine rings is 1. The van der Waals surface area contributed by atoms with Crippen molar-refractivity contribution in [2.45, 2.75) is 47.1 Å². The van der Waals surface area contributed by atoms with Gasteiger partial charge in [0.25, 0.3) is 0 Å². The zero-order chi connectivity index (χ0) is 36.2. The average Bonchev–Trinajstić information content (AvgIpc) is 3.68. The Morgan fingerprint density at radius 1 is 1.12 bits per heavy atom. The largest absolute Gasteiger partial charge is 0.480 e. The standard InChI is InChI=1S/C32H39N11O6S/c1-18-10-19(2)28(20(3)11-18)37-25-12-24(35-21(4)15-47-6)29(31(38-25)34-8-7-9-49-27(46)17-48-16-26(44)45)39-40-30-23(13-33)14-43(41-30)32-36-22(5)42-50-32/h10-12,14,21H,7-9,15-17H2,1-6H3,(H,44,45)(H3,34,35,37,38). The summed E-state index contributed by atoms with van der Waals surface area (Å²) in [6.07, 6.45) is 1.89. The van der Waals surface area contributed by atoms with Gasteiger partial charge in [-0.05, 0) is 52.2 Å². The van der Waals surface area contributed by atoms with Gasteiger partial charge in [-0.1, -0.05) is 17.7 Å². The van der Waals surface area contributed by atoms with E-state index in [9.17, 15) is 14.9 Å². The summed E-state index contributed by atoms with van der Waals surface area (Å²) in [4.78, 5) is 31.7. The van der Waals surface area contributed by atoms with Gasteiger partial charge in [0.05, 0.1) is 25.1 Å². The molecule has 3 heterocycles. The maximum absolute atomic E-state index is 11.9. The van der Waals surface area contributed by atoms with Gasteiger partial charge < -0.3 is 35.3 Å². The third kappa shape index (κ3) is 10.5. The highest BCUT2D eigenvalue weighted by Gasteiger charge is 2.18. The smallest absolute Gasteiger partial charge is 0.332 e. The Hall–Kier alpha value is -5.51. The molecule has 4 N–H and O–H groups in total. The maximum atomic E-state index is 11.9. The number of benzene rings is 1. The highest BCUT2D eigenvalue weighted by molar-refractivity contribution is 7.08. The highest BCUT2D eigenvalue weighted by Crippen LogP contribution is 2.38. The lowest BCUT2D eigenvalue weighted by atomic mass is 10.1. The minimum Gasteiger partial charge on any atom is -0.480 e. The fourth-order valence-corrected chi connectivity index (χ4v) is 5.42. The Morgan fingerprint density at radius 3 is 2.54 bits per heavy atom. The molecule has 17 nitrogen and oxygen atoms in total. The van der Waals surface area contributed by atoms with Crippen molar-refractivity contribution in [3.63, 3.8) is 0 Å². The van der Waals surface area contributed by atoms with Crippen molar-refractivity contribution in [3.05, 3.63) is 52.5 Å². The number of aryl methyl sites for hydroxylation is 4. The van der Waals surface area contributed by atoms with Crippen LogP contribution in [0.5, 0.6) is 0 Å². The van der Waals surface area contributed by atoms with Crippen molar-refractivity contribution in [1.29, 1.82) is 5.26 Å². The lowest BCUT2D eigenvalue weighted by Gasteiger charge is -2.20. The van der Waals surface area contributed by atoms with Crippen LogP contribution in [0.1, 0.15) is 41.4 Å². The molecule has 3 aromatic heterocycles. The van der Waals surface area contributed by atoms with E-state index < -0.39 is 25.2 Å². The Balaban J connectivity index is 1.68. The number of aliphatic carboxylic acids is 1. The summed E-state index contributed by atoms with van der Waals surface area (Å²) in [6, 6.07) is 7.94. The van der Waals surface area contributed by atoms with Gasteiger partial charge in [0.2, 0.25) is 10.9 Å². The Kier molecular flexibility index (Phi) is 13.3. The molecule has 50 heavy (non-hydrogen) atoms. The normalized spacial score (nSPS) is 11.7. The number of nitrogens with one attached hydrogen (secondary N) is 3. The number of aromatic nitrogens is 5. The molecule has 0 radical (unpaired) electrons. The molecular weight excluding hydrogens is 666 g/mol. The third-order valence-corrected chi connectivity index (χ3v) is 7.63. The van der Waals surface area contributed by atoms with Crippen LogP contribution in [0.2, 0.25) is 0 Å². The maximum Gasteiger partial charge on any atom is 0.332 e. The van der Waals surface area contributed by atoms with Gasteiger partial charge >= 0.3 is 11.9 Å². The van der Waals surface area contributed by atoms with E-state index >= 15 is 0 Å². The number of carbonyl (C=O) groups is 2. The number of hydrogen-bond acceptors (Lipinski definition) is 16. The SMILES string of the molecule is COCC(C)Nc1cc(Nc2c(C)cc(C)cc2C)nc(NCCCOC(=O)COCC(=O)O)c1N=Nc1nn(-c2nc(C)ns2)cc1C#N. The third-order valence-electron chi connectivity index (χ3n) is 6.84. The first-order valence-electron chi connectivity index (χ1n) is 15.5. The zero-order valence-corrected chi connectivity index (χ0v) is 29.4. The molecule has 0 bridgehead atoms. The number of carbonyl (C=O) groups excluding carboxylic acids is 1. The van der Waals surface area contributed by atoms with Gasteiger partial charge in [0.15, 0.2) is 11.5 Å². The number of azo groups is 1. The van der Waals surface area contributed by atoms with Crippen molar-refractivity contribution >= 4 is 58.0 Å². The molecule has 264 valence electrons. The summed E-state index contributed by atoms with van der Waals surface area (Å²) in [6.45, 7) is 9.48. The number of ether oxygens (including phenoxy) is 3. The lowest BCUT2D eigenvalue weighted by molar-refractivity contribution is -0.152. The highest BCUT2D eigenvalue weighted by atomic mass is 32.1. The zero-order valence-electron chi connectivity index (χ0n) is 28.6. The van der Waals surface area contributed by atoms with Crippen LogP contribution in [0, 0.1) is 39.0 Å². The molecule has 4 rings (SSSR count). The monoisotopic (exact) mass is 705 g/mol. The molecule has 0 aliphatic carbocycles. The van der Waals surface area contributed by atoms with E-state index in [0.717, 1.165) is 33.9 Å². The Bertz CT molecular complexity index is 1860. The van der Waals surface area contributed by atoms with E-state index in [1.165, 1.54) is 10.9 Å². The fourth-order valence-electron chi connectivity index (χ4n) is 4.82. The molecule has 1 atom stereocenters. The van der Waals surface area contributed by atoms with Crippen LogP contribution in [0.3, 0.4) is 0 Å². The van der Waals surface area contributed by atoms with E-state index in [1.807, 2.05) is 33.8 Å². The summed E-state index contributed by atoms with van der Waals surface area (Å²) in [5.74, 6) is -0.333. The summed E-state index contributed by atoms with van der Waals surface area (Å²) < 4.78 is 20.9. The van der Waals surface area contributed by atoms with Crippen molar-refractivity contribution < 1.29 is 28.9 Å². The number of nitriles is 1. The minimum atomic E-state index is -1.18. The predicted octanol–water partition coefficient (Wildman–Crippen LogP) is 5.28. The van der Waals surface area contributed by atoms with E-state index in [0.29, 0.717) is 53.5 Å². The molecule has 0 aliphatic rings. The molecule has 1 unspecified atom stereocenters. The molecule has 0 saturated carbocycles. The number of esters is 1. The van der Waals surface area contributed by atoms with Crippen LogP contribution < -0.4 is 16.0 Å². The van der Waals surface area contributed by atoms with Gasteiger partial charge in [-0.15, -0.1) is 15.3 Å². The first kappa shape index (κ1) is 37.3. The van der Waals surface area contributed by atoms with Crippen molar-refractivity contribution in [2.75, 3.05) is 56.0 Å². The molecule has 0 saturated heterocycles. The summed E-state index contributed by atoms with van der Waals surface area (Å²) in [5, 5.41) is 42.4. The Labute approximate surface area is 292 Å². The van der Waals surface area contributed by atoms with Gasteiger partial charge in [0.1, 0.15) is 36.5 Å². The number of rotatable bonds is 18. The Morgan fingerprint density at radius 2 is 1.88 bits per heavy atom. The van der Waals surface area contributed by atoms with E-state index in [4.69, 9.17) is 24.3 Å². The van der Waals surface area contributed by atoms with Crippen molar-refractivity contribution in [2.24, 2.45) is 10.2 Å². The van der Waals surface area contributed by atoms with Gasteiger partial charge in [0, 0.05) is 43.0 Å². The average molecular weight is 706 g/mol. The van der Waals surface area contributed by atoms with Crippen LogP contribution >= 0.6 is 11.5 Å². The molecule has 1 aromatic carbocycles. The first-order chi connectivity index (χ1) is 24.0. The number of carboxylic acid groups (broad SMARTS) is 1. The van der Waals surface area contributed by atoms with Gasteiger partial charge in [-0.25, -0.2) is 24.2 Å². The first-order valence-corrected chi connectivity index (χ1v) is 16.3. The molecule has 0 spiro atoms. The quantitative estimate of drug-likeness (QED) is 0.0588. The summed E-state index contributed by atoms with van der Waals surface area (Å²) >= 11 is 1.14. The molecule has 18 heteroatoms. The lowest BCUT2D eigenvalue weighted by Crippen LogP contribution is -2.21. The number of hydrogen-bond donors (Lipinski definition) is 4. The number of nitrogens with zero attached hydrogens (tertiary/aromatic N) is 8. The number of methoxy groups -OCH3 is 1. The summed E-state index contributed by atoms with van der Waals surface area (Å²) in [7, 11) is 1.61. The molecular formula is C32H39N11O6S. The predicted molar refractivity (Wildman–Crippen MR) is 186 cm³/mol. The van der Waals surface area contributed by atoms with Crippen LogP contribution in [0.15, 0.2) is 34.6 Å².